The standard InChI is InChI=1S/C18H17N3O3S2/c22-18(19-14-5-7-15(8-6-14)21(23)24)13-20(11-16-3-1-9-25-16)12-17-4-2-10-26-17/h1-10H,11-13H2,(H,19,22)/p+1. The molecule has 8 heteroatoms. The summed E-state index contributed by atoms with van der Waals surface area (Å²) in [5.74, 6) is -0.109. The van der Waals surface area contributed by atoms with Crippen LogP contribution >= 0.6 is 22.7 Å². The van der Waals surface area contributed by atoms with Gasteiger partial charge in [0, 0.05) is 17.8 Å². The maximum absolute atomic E-state index is 12.4. The highest BCUT2D eigenvalue weighted by molar-refractivity contribution is 7.10. The van der Waals surface area contributed by atoms with Gasteiger partial charge in [0.25, 0.3) is 11.6 Å². The number of quaternary nitrogens is 1. The van der Waals surface area contributed by atoms with Crippen LogP contribution in [0, 0.1) is 10.1 Å². The number of carbonyl (C=O) groups is 1. The lowest BCUT2D eigenvalue weighted by atomic mass is 10.3. The van der Waals surface area contributed by atoms with E-state index in [2.05, 4.69) is 17.4 Å². The van der Waals surface area contributed by atoms with E-state index < -0.39 is 4.92 Å². The highest BCUT2D eigenvalue weighted by atomic mass is 32.1. The summed E-state index contributed by atoms with van der Waals surface area (Å²) in [4.78, 5) is 26.3. The Hall–Kier alpha value is -2.55. The van der Waals surface area contributed by atoms with Gasteiger partial charge in [0.05, 0.1) is 14.7 Å². The molecule has 0 unspecified atom stereocenters. The molecule has 0 saturated heterocycles. The van der Waals surface area contributed by atoms with Crippen molar-refractivity contribution in [3.05, 3.63) is 79.2 Å². The quantitative estimate of drug-likeness (QED) is 0.460. The van der Waals surface area contributed by atoms with E-state index in [9.17, 15) is 14.9 Å². The molecule has 0 atom stereocenters. The van der Waals surface area contributed by atoms with Gasteiger partial charge >= 0.3 is 0 Å². The second kappa shape index (κ2) is 8.70. The van der Waals surface area contributed by atoms with Crippen LogP contribution in [-0.4, -0.2) is 17.4 Å². The number of nitrogens with one attached hydrogen (secondary N) is 2. The highest BCUT2D eigenvalue weighted by Gasteiger charge is 2.17. The average Bonchev–Trinajstić information content (AvgIpc) is 3.29. The Labute approximate surface area is 158 Å². The van der Waals surface area contributed by atoms with Gasteiger partial charge in [-0.3, -0.25) is 14.9 Å². The maximum atomic E-state index is 12.4. The smallest absolute Gasteiger partial charge is 0.279 e. The van der Waals surface area contributed by atoms with Crippen LogP contribution in [0.4, 0.5) is 11.4 Å². The first-order chi connectivity index (χ1) is 12.6. The first kappa shape index (κ1) is 18.2. The SMILES string of the molecule is O=C(C[NH+](Cc1cccs1)Cc1cccs1)Nc1ccc([N+](=O)[O-])cc1. The van der Waals surface area contributed by atoms with E-state index in [0.29, 0.717) is 12.2 Å². The lowest BCUT2D eigenvalue weighted by Gasteiger charge is -2.18. The molecule has 134 valence electrons. The van der Waals surface area contributed by atoms with Crippen molar-refractivity contribution in [2.45, 2.75) is 13.1 Å². The number of nitro benzene ring substituents is 1. The number of nitro groups is 1. The summed E-state index contributed by atoms with van der Waals surface area (Å²) in [6.07, 6.45) is 0. The predicted octanol–water partition coefficient (Wildman–Crippen LogP) is 2.94. The Morgan fingerprint density at radius 1 is 1.00 bits per heavy atom. The molecule has 0 spiro atoms. The zero-order valence-electron chi connectivity index (χ0n) is 13.9. The summed E-state index contributed by atoms with van der Waals surface area (Å²) in [5, 5.41) is 17.6. The van der Waals surface area contributed by atoms with Crippen LogP contribution in [0.2, 0.25) is 0 Å². The second-order valence-electron chi connectivity index (χ2n) is 5.79. The molecule has 1 aromatic carbocycles. The average molecular weight is 388 g/mol. The zero-order chi connectivity index (χ0) is 18.4. The molecule has 0 aliphatic heterocycles. The summed E-state index contributed by atoms with van der Waals surface area (Å²) in [6.45, 7) is 1.89. The predicted molar refractivity (Wildman–Crippen MR) is 104 cm³/mol. The van der Waals surface area contributed by atoms with Gasteiger partial charge in [-0.05, 0) is 35.0 Å². The molecule has 1 amide bonds. The highest BCUT2D eigenvalue weighted by Crippen LogP contribution is 2.15. The van der Waals surface area contributed by atoms with Gasteiger partial charge in [-0.15, -0.1) is 22.7 Å². The topological polar surface area (TPSA) is 76.7 Å². The van der Waals surface area contributed by atoms with Crippen LogP contribution in [0.3, 0.4) is 0 Å². The van der Waals surface area contributed by atoms with Crippen LogP contribution in [0.1, 0.15) is 9.75 Å². The number of carbonyl (C=O) groups excluding carboxylic acids is 1. The molecule has 0 aliphatic carbocycles. The Balaban J connectivity index is 1.63. The fraction of sp³-hybridized carbons (Fsp3) is 0.167. The first-order valence-corrected chi connectivity index (χ1v) is 9.79. The van der Waals surface area contributed by atoms with E-state index in [1.165, 1.54) is 21.9 Å². The molecule has 2 heterocycles. The number of thiophene rings is 2. The van der Waals surface area contributed by atoms with Crippen molar-refractivity contribution in [3.8, 4) is 0 Å². The Morgan fingerprint density at radius 2 is 1.58 bits per heavy atom. The minimum Gasteiger partial charge on any atom is -0.321 e. The lowest BCUT2D eigenvalue weighted by Crippen LogP contribution is -3.10. The molecule has 0 radical (unpaired) electrons. The van der Waals surface area contributed by atoms with E-state index >= 15 is 0 Å². The molecule has 3 aromatic rings. The largest absolute Gasteiger partial charge is 0.321 e. The third-order valence-corrected chi connectivity index (χ3v) is 5.53. The van der Waals surface area contributed by atoms with Gasteiger partial charge in [-0.25, -0.2) is 0 Å². The number of hydrogen-bond donors (Lipinski definition) is 2. The van der Waals surface area contributed by atoms with Gasteiger partial charge in [0.2, 0.25) is 0 Å². The summed E-state index contributed by atoms with van der Waals surface area (Å²) in [7, 11) is 0. The third kappa shape index (κ3) is 5.22. The molecular weight excluding hydrogens is 370 g/mol. The van der Waals surface area contributed by atoms with Crippen molar-refractivity contribution in [1.29, 1.82) is 0 Å². The zero-order valence-corrected chi connectivity index (χ0v) is 15.5. The molecule has 2 N–H and O–H groups in total. The molecule has 3 rings (SSSR count). The number of amides is 1. The molecule has 26 heavy (non-hydrogen) atoms. The maximum Gasteiger partial charge on any atom is 0.279 e. The van der Waals surface area contributed by atoms with Crippen LogP contribution in [0.15, 0.2) is 59.3 Å². The van der Waals surface area contributed by atoms with Gasteiger partial charge in [-0.2, -0.15) is 0 Å². The van der Waals surface area contributed by atoms with E-state index in [1.807, 2.05) is 22.9 Å². The van der Waals surface area contributed by atoms with Crippen molar-refractivity contribution >= 4 is 40.0 Å². The molecule has 0 saturated carbocycles. The first-order valence-electron chi connectivity index (χ1n) is 8.03. The minimum atomic E-state index is -0.459. The number of anilines is 1. The van der Waals surface area contributed by atoms with Crippen molar-refractivity contribution in [2.75, 3.05) is 11.9 Å². The van der Waals surface area contributed by atoms with Crippen molar-refractivity contribution in [3.63, 3.8) is 0 Å². The summed E-state index contributed by atoms with van der Waals surface area (Å²) >= 11 is 3.37. The molecule has 0 bridgehead atoms. The molecule has 6 nitrogen and oxygen atoms in total. The summed E-state index contributed by atoms with van der Waals surface area (Å²) < 4.78 is 0. The molecule has 2 aromatic heterocycles. The number of non-ortho nitro benzene ring substituents is 1. The number of nitrogens with zero attached hydrogens (tertiary/aromatic N) is 1. The Bertz CT molecular complexity index is 810. The van der Waals surface area contributed by atoms with Gasteiger partial charge in [0.15, 0.2) is 6.54 Å². The molecular formula is C18H18N3O3S2+. The fourth-order valence-electron chi connectivity index (χ4n) is 2.61. The Kier molecular flexibility index (Phi) is 6.11. The van der Waals surface area contributed by atoms with Crippen molar-refractivity contribution in [1.82, 2.24) is 0 Å². The second-order valence-corrected chi connectivity index (χ2v) is 7.86. The van der Waals surface area contributed by atoms with Crippen molar-refractivity contribution < 1.29 is 14.6 Å². The summed E-state index contributed by atoms with van der Waals surface area (Å²) in [5.41, 5.74) is 0.567. The van der Waals surface area contributed by atoms with Crippen molar-refractivity contribution in [2.24, 2.45) is 0 Å². The van der Waals surface area contributed by atoms with Crippen LogP contribution in [0.25, 0.3) is 0 Å². The van der Waals surface area contributed by atoms with Gasteiger partial charge in [0.1, 0.15) is 13.1 Å². The number of hydrogen-bond acceptors (Lipinski definition) is 5. The van der Waals surface area contributed by atoms with E-state index in [0.717, 1.165) is 18.0 Å². The third-order valence-electron chi connectivity index (χ3n) is 3.78. The lowest BCUT2D eigenvalue weighted by molar-refractivity contribution is -0.918. The molecule has 0 aliphatic rings. The van der Waals surface area contributed by atoms with Crippen LogP contribution < -0.4 is 10.2 Å². The minimum absolute atomic E-state index is 0.00522. The number of rotatable bonds is 8. The van der Waals surface area contributed by atoms with Crippen LogP contribution in [0.5, 0.6) is 0 Å². The van der Waals surface area contributed by atoms with Gasteiger partial charge < -0.3 is 10.2 Å². The van der Waals surface area contributed by atoms with E-state index in [1.54, 1.807) is 34.8 Å². The van der Waals surface area contributed by atoms with E-state index in [4.69, 9.17) is 0 Å². The van der Waals surface area contributed by atoms with E-state index in [-0.39, 0.29) is 11.6 Å². The van der Waals surface area contributed by atoms with Crippen LogP contribution in [-0.2, 0) is 17.9 Å². The van der Waals surface area contributed by atoms with Gasteiger partial charge in [-0.1, -0.05) is 12.1 Å². The fourth-order valence-corrected chi connectivity index (χ4v) is 4.16. The Morgan fingerprint density at radius 3 is 2.04 bits per heavy atom. The summed E-state index contributed by atoms with van der Waals surface area (Å²) in [6, 6.07) is 14.1. The monoisotopic (exact) mass is 388 g/mol. The normalized spacial score (nSPS) is 10.8. The number of benzene rings is 1. The molecule has 0 fully saturated rings.